The summed E-state index contributed by atoms with van der Waals surface area (Å²) in [6.07, 6.45) is 0. The van der Waals surface area contributed by atoms with E-state index in [0.29, 0.717) is 6.54 Å². The summed E-state index contributed by atoms with van der Waals surface area (Å²) in [7, 11) is 0. The van der Waals surface area contributed by atoms with E-state index in [1.807, 2.05) is 6.07 Å². The molecule has 1 aromatic carbocycles. The van der Waals surface area contributed by atoms with Gasteiger partial charge in [0.1, 0.15) is 0 Å². The Balaban J connectivity index is 1.92. The number of hydrogen-bond acceptors (Lipinski definition) is 3. The van der Waals surface area contributed by atoms with Gasteiger partial charge in [-0.15, -0.1) is 0 Å². The van der Waals surface area contributed by atoms with E-state index in [1.54, 1.807) is 0 Å². The van der Waals surface area contributed by atoms with Crippen LogP contribution in [0.25, 0.3) is 0 Å². The predicted octanol–water partition coefficient (Wildman–Crippen LogP) is 1.91. The third-order valence-corrected chi connectivity index (χ3v) is 3.99. The van der Waals surface area contributed by atoms with Gasteiger partial charge < -0.3 is 5.73 Å². The Kier molecular flexibility index (Phi) is 5.41. The van der Waals surface area contributed by atoms with Gasteiger partial charge >= 0.3 is 0 Å². The Labute approximate surface area is 129 Å². The van der Waals surface area contributed by atoms with Crippen molar-refractivity contribution in [3.63, 3.8) is 0 Å². The Bertz CT molecular complexity index is 511. The summed E-state index contributed by atoms with van der Waals surface area (Å²) in [5.74, 6) is 6.02. The van der Waals surface area contributed by atoms with E-state index < -0.39 is 0 Å². The summed E-state index contributed by atoms with van der Waals surface area (Å²) in [6, 6.07) is 8.49. The van der Waals surface area contributed by atoms with Crippen molar-refractivity contribution in [2.75, 3.05) is 32.7 Å². The molecule has 0 unspecified atom stereocenters. The predicted molar refractivity (Wildman–Crippen MR) is 89.0 cm³/mol. The molecule has 0 amide bonds. The highest BCUT2D eigenvalue weighted by molar-refractivity contribution is 5.37. The number of rotatable bonds is 2. The summed E-state index contributed by atoms with van der Waals surface area (Å²) in [4.78, 5) is 5.09. The van der Waals surface area contributed by atoms with Crippen LogP contribution in [0.5, 0.6) is 0 Å². The number of piperazine rings is 1. The normalized spacial score (nSPS) is 17.3. The summed E-state index contributed by atoms with van der Waals surface area (Å²) in [5, 5.41) is 0. The van der Waals surface area contributed by atoms with Gasteiger partial charge in [-0.05, 0) is 38.5 Å². The lowest BCUT2D eigenvalue weighted by molar-refractivity contribution is 0.0591. The van der Waals surface area contributed by atoms with Crippen molar-refractivity contribution in [1.29, 1.82) is 0 Å². The third-order valence-electron chi connectivity index (χ3n) is 3.99. The highest BCUT2D eigenvalue weighted by Crippen LogP contribution is 2.17. The molecule has 2 N–H and O–H groups in total. The lowest BCUT2D eigenvalue weighted by Gasteiger charge is -2.42. The molecule has 0 atom stereocenters. The molecule has 0 radical (unpaired) electrons. The maximum absolute atomic E-state index is 5.43. The second kappa shape index (κ2) is 7.09. The molecule has 1 aliphatic heterocycles. The van der Waals surface area contributed by atoms with Crippen LogP contribution in [0.3, 0.4) is 0 Å². The van der Waals surface area contributed by atoms with Crippen LogP contribution < -0.4 is 5.73 Å². The molecular formula is C18H27N3. The minimum Gasteiger partial charge on any atom is -0.320 e. The summed E-state index contributed by atoms with van der Waals surface area (Å²) < 4.78 is 0. The zero-order chi connectivity index (χ0) is 15.3. The first-order valence-electron chi connectivity index (χ1n) is 7.74. The first-order chi connectivity index (χ1) is 9.99. The maximum atomic E-state index is 5.43. The number of hydrogen-bond donors (Lipinski definition) is 1. The second-order valence-electron chi connectivity index (χ2n) is 6.64. The SMILES string of the molecule is CC(C)(C)N1CCN(Cc2cccc(C#CCN)c2)CC1. The highest BCUT2D eigenvalue weighted by atomic mass is 15.3. The topological polar surface area (TPSA) is 32.5 Å². The van der Waals surface area contributed by atoms with Crippen molar-refractivity contribution < 1.29 is 0 Å². The van der Waals surface area contributed by atoms with Crippen molar-refractivity contribution in [2.45, 2.75) is 32.9 Å². The molecule has 1 fully saturated rings. The molecule has 1 heterocycles. The molecule has 2 rings (SSSR count). The van der Waals surface area contributed by atoms with Gasteiger partial charge in [0.2, 0.25) is 0 Å². The van der Waals surface area contributed by atoms with E-state index in [1.165, 1.54) is 5.56 Å². The van der Waals surface area contributed by atoms with Gasteiger partial charge in [0.15, 0.2) is 0 Å². The van der Waals surface area contributed by atoms with Gasteiger partial charge in [-0.25, -0.2) is 0 Å². The second-order valence-corrected chi connectivity index (χ2v) is 6.64. The number of nitrogens with two attached hydrogens (primary N) is 1. The standard InChI is InChI=1S/C18H27N3/c1-18(2,3)21-12-10-20(11-13-21)15-17-7-4-6-16(14-17)8-5-9-19/h4,6-7,14H,9-13,15,19H2,1-3H3. The van der Waals surface area contributed by atoms with Crippen LogP contribution in [0.1, 0.15) is 31.9 Å². The van der Waals surface area contributed by atoms with Gasteiger partial charge in [-0.1, -0.05) is 24.0 Å². The summed E-state index contributed by atoms with van der Waals surface area (Å²) >= 11 is 0. The van der Waals surface area contributed by atoms with Crippen molar-refractivity contribution in [1.82, 2.24) is 9.80 Å². The first kappa shape index (κ1) is 16.0. The molecule has 114 valence electrons. The van der Waals surface area contributed by atoms with Crippen molar-refractivity contribution in [3.05, 3.63) is 35.4 Å². The minimum atomic E-state index is 0.282. The van der Waals surface area contributed by atoms with Crippen molar-refractivity contribution >= 4 is 0 Å². The molecule has 3 nitrogen and oxygen atoms in total. The third kappa shape index (κ3) is 4.86. The summed E-state index contributed by atoms with van der Waals surface area (Å²) in [6.45, 7) is 12.9. The average molecular weight is 285 g/mol. The van der Waals surface area contributed by atoms with Crippen LogP contribution in [0.2, 0.25) is 0 Å². The van der Waals surface area contributed by atoms with Crippen LogP contribution >= 0.6 is 0 Å². The number of benzene rings is 1. The van der Waals surface area contributed by atoms with Gasteiger partial charge in [0.25, 0.3) is 0 Å². The molecule has 0 aliphatic carbocycles. The number of nitrogens with zero attached hydrogens (tertiary/aromatic N) is 2. The maximum Gasteiger partial charge on any atom is 0.0555 e. The van der Waals surface area contributed by atoms with Crippen molar-refractivity contribution in [3.8, 4) is 11.8 Å². The van der Waals surface area contributed by atoms with Crippen molar-refractivity contribution in [2.24, 2.45) is 5.73 Å². The average Bonchev–Trinajstić information content (AvgIpc) is 2.45. The van der Waals surface area contributed by atoms with Gasteiger partial charge in [0.05, 0.1) is 6.54 Å². The van der Waals surface area contributed by atoms with Gasteiger partial charge in [-0.3, -0.25) is 9.80 Å². The lowest BCUT2D eigenvalue weighted by atomic mass is 10.0. The molecular weight excluding hydrogens is 258 g/mol. The molecule has 0 bridgehead atoms. The van der Waals surface area contributed by atoms with Crippen LogP contribution in [0, 0.1) is 11.8 Å². The molecule has 1 aliphatic rings. The Morgan fingerprint density at radius 3 is 2.48 bits per heavy atom. The van der Waals surface area contributed by atoms with Gasteiger partial charge in [-0.2, -0.15) is 0 Å². The van der Waals surface area contributed by atoms with Crippen LogP contribution in [0.4, 0.5) is 0 Å². The monoisotopic (exact) mass is 285 g/mol. The zero-order valence-corrected chi connectivity index (χ0v) is 13.5. The molecule has 1 aromatic rings. The van der Waals surface area contributed by atoms with E-state index >= 15 is 0 Å². The van der Waals surface area contributed by atoms with Crippen LogP contribution in [-0.4, -0.2) is 48.1 Å². The smallest absolute Gasteiger partial charge is 0.0555 e. The quantitative estimate of drug-likeness (QED) is 0.843. The fraction of sp³-hybridized carbons (Fsp3) is 0.556. The molecule has 0 aromatic heterocycles. The van der Waals surface area contributed by atoms with E-state index in [0.717, 1.165) is 38.3 Å². The Morgan fingerprint density at radius 1 is 1.14 bits per heavy atom. The lowest BCUT2D eigenvalue weighted by Crippen LogP contribution is -2.53. The van der Waals surface area contributed by atoms with E-state index in [2.05, 4.69) is 60.6 Å². The first-order valence-corrected chi connectivity index (χ1v) is 7.74. The van der Waals surface area contributed by atoms with Crippen LogP contribution in [-0.2, 0) is 6.54 Å². The highest BCUT2D eigenvalue weighted by Gasteiger charge is 2.25. The Hall–Kier alpha value is -1.34. The Morgan fingerprint density at radius 2 is 1.86 bits per heavy atom. The van der Waals surface area contributed by atoms with Gasteiger partial charge in [0, 0.05) is 43.8 Å². The largest absolute Gasteiger partial charge is 0.320 e. The molecule has 3 heteroatoms. The molecule has 1 saturated heterocycles. The molecule has 21 heavy (non-hydrogen) atoms. The van der Waals surface area contributed by atoms with E-state index in [-0.39, 0.29) is 5.54 Å². The van der Waals surface area contributed by atoms with E-state index in [9.17, 15) is 0 Å². The molecule has 0 spiro atoms. The molecule has 0 saturated carbocycles. The van der Waals surface area contributed by atoms with E-state index in [4.69, 9.17) is 5.73 Å². The fourth-order valence-electron chi connectivity index (χ4n) is 2.74. The minimum absolute atomic E-state index is 0.282. The zero-order valence-electron chi connectivity index (χ0n) is 13.5. The summed E-state index contributed by atoms with van der Waals surface area (Å²) in [5.41, 5.74) is 8.10. The fourth-order valence-corrected chi connectivity index (χ4v) is 2.74. The van der Waals surface area contributed by atoms with Crippen LogP contribution in [0.15, 0.2) is 24.3 Å².